The fourth-order valence-electron chi connectivity index (χ4n) is 1.87. The zero-order valence-corrected chi connectivity index (χ0v) is 9.23. The lowest BCUT2D eigenvalue weighted by molar-refractivity contribution is -0.124. The molecule has 1 aliphatic rings. The van der Waals surface area contributed by atoms with Gasteiger partial charge in [0, 0.05) is 6.04 Å². The second kappa shape index (κ2) is 5.63. The van der Waals surface area contributed by atoms with Crippen molar-refractivity contribution in [1.82, 2.24) is 10.6 Å². The van der Waals surface area contributed by atoms with E-state index in [4.69, 9.17) is 0 Å². The van der Waals surface area contributed by atoms with Crippen molar-refractivity contribution in [3.63, 3.8) is 0 Å². The molecular formula is C10H17F3N2O. The number of carbonyl (C=O) groups excluding carboxylic acids is 1. The molecule has 6 heteroatoms. The van der Waals surface area contributed by atoms with Gasteiger partial charge in [0.05, 0.1) is 12.6 Å². The molecule has 1 aliphatic heterocycles. The average Bonchev–Trinajstić information content (AvgIpc) is 2.59. The molecule has 3 nitrogen and oxygen atoms in total. The zero-order valence-electron chi connectivity index (χ0n) is 9.23. The fraction of sp³-hybridized carbons (Fsp3) is 0.900. The number of hydrogen-bond acceptors (Lipinski definition) is 3. The van der Waals surface area contributed by atoms with Crippen LogP contribution in [0.4, 0.5) is 13.2 Å². The number of alkyl halides is 3. The summed E-state index contributed by atoms with van der Waals surface area (Å²) in [4.78, 5) is 11.0. The summed E-state index contributed by atoms with van der Waals surface area (Å²) in [6.07, 6.45) is -1.87. The Morgan fingerprint density at radius 1 is 1.44 bits per heavy atom. The van der Waals surface area contributed by atoms with Gasteiger partial charge in [-0.3, -0.25) is 4.79 Å². The Morgan fingerprint density at radius 2 is 2.12 bits per heavy atom. The van der Waals surface area contributed by atoms with Crippen molar-refractivity contribution in [3.8, 4) is 0 Å². The van der Waals surface area contributed by atoms with Crippen molar-refractivity contribution in [3.05, 3.63) is 0 Å². The van der Waals surface area contributed by atoms with Crippen LogP contribution in [0.15, 0.2) is 0 Å². The van der Waals surface area contributed by atoms with Crippen molar-refractivity contribution in [1.29, 1.82) is 0 Å². The number of rotatable bonds is 5. The maximum Gasteiger partial charge on any atom is 0.401 e. The normalized spacial score (nSPS) is 26.0. The molecule has 0 amide bonds. The standard InChI is InChI=1S/C10H17F3N2O/c1-7(16)9-3-2-8(15-9)4-5-14-6-10(11,12)13/h8-9,14-15H,2-6H2,1H3. The Balaban J connectivity index is 2.09. The van der Waals surface area contributed by atoms with E-state index in [1.807, 2.05) is 0 Å². The van der Waals surface area contributed by atoms with Crippen LogP contribution < -0.4 is 10.6 Å². The van der Waals surface area contributed by atoms with Gasteiger partial charge in [0.2, 0.25) is 0 Å². The minimum atomic E-state index is -4.15. The van der Waals surface area contributed by atoms with Gasteiger partial charge >= 0.3 is 6.18 Å². The molecule has 0 bridgehead atoms. The second-order valence-corrected chi connectivity index (χ2v) is 4.18. The van der Waals surface area contributed by atoms with Gasteiger partial charge in [-0.05, 0) is 32.7 Å². The lowest BCUT2D eigenvalue weighted by Gasteiger charge is -2.13. The topological polar surface area (TPSA) is 41.1 Å². The highest BCUT2D eigenvalue weighted by molar-refractivity contribution is 5.81. The SMILES string of the molecule is CC(=O)C1CCC(CCNCC(F)(F)F)N1. The predicted octanol–water partition coefficient (Wildman–Crippen LogP) is 1.24. The second-order valence-electron chi connectivity index (χ2n) is 4.18. The van der Waals surface area contributed by atoms with Crippen molar-refractivity contribution in [2.75, 3.05) is 13.1 Å². The predicted molar refractivity (Wildman–Crippen MR) is 54.2 cm³/mol. The molecule has 0 aromatic rings. The van der Waals surface area contributed by atoms with Crippen LogP contribution in [-0.4, -0.2) is 37.1 Å². The van der Waals surface area contributed by atoms with Crippen LogP contribution in [0.3, 0.4) is 0 Å². The van der Waals surface area contributed by atoms with Gasteiger partial charge in [-0.15, -0.1) is 0 Å². The average molecular weight is 238 g/mol. The first-order valence-corrected chi connectivity index (χ1v) is 5.42. The van der Waals surface area contributed by atoms with Crippen LogP contribution in [0.5, 0.6) is 0 Å². The Hall–Kier alpha value is -0.620. The number of Topliss-reactive ketones (excluding diaryl/α,β-unsaturated/α-hetero) is 1. The molecule has 1 fully saturated rings. The highest BCUT2D eigenvalue weighted by Crippen LogP contribution is 2.16. The van der Waals surface area contributed by atoms with E-state index in [1.54, 1.807) is 0 Å². The molecule has 0 radical (unpaired) electrons. The number of ketones is 1. The van der Waals surface area contributed by atoms with E-state index in [-0.39, 0.29) is 17.9 Å². The Kier molecular flexibility index (Phi) is 4.73. The van der Waals surface area contributed by atoms with Gasteiger partial charge in [-0.2, -0.15) is 13.2 Å². The number of nitrogens with one attached hydrogen (secondary N) is 2. The Morgan fingerprint density at radius 3 is 2.62 bits per heavy atom. The van der Waals surface area contributed by atoms with E-state index in [1.165, 1.54) is 6.92 Å². The van der Waals surface area contributed by atoms with Gasteiger partial charge < -0.3 is 10.6 Å². The molecule has 1 saturated heterocycles. The quantitative estimate of drug-likeness (QED) is 0.708. The first kappa shape index (κ1) is 13.4. The van der Waals surface area contributed by atoms with E-state index in [9.17, 15) is 18.0 Å². The maximum absolute atomic E-state index is 11.8. The van der Waals surface area contributed by atoms with E-state index in [0.717, 1.165) is 12.8 Å². The van der Waals surface area contributed by atoms with Gasteiger partial charge in [-0.25, -0.2) is 0 Å². The summed E-state index contributed by atoms with van der Waals surface area (Å²) < 4.78 is 35.4. The lowest BCUT2D eigenvalue weighted by atomic mass is 10.1. The smallest absolute Gasteiger partial charge is 0.309 e. The van der Waals surface area contributed by atoms with Gasteiger partial charge in [0.15, 0.2) is 0 Å². The van der Waals surface area contributed by atoms with E-state index in [2.05, 4.69) is 10.6 Å². The van der Waals surface area contributed by atoms with Gasteiger partial charge in [-0.1, -0.05) is 0 Å². The summed E-state index contributed by atoms with van der Waals surface area (Å²) >= 11 is 0. The van der Waals surface area contributed by atoms with Crippen molar-refractivity contribution < 1.29 is 18.0 Å². The van der Waals surface area contributed by atoms with Crippen molar-refractivity contribution in [2.45, 2.75) is 44.4 Å². The largest absolute Gasteiger partial charge is 0.401 e. The number of halogens is 3. The molecule has 0 aromatic carbocycles. The highest BCUT2D eigenvalue weighted by Gasteiger charge is 2.28. The molecule has 2 atom stereocenters. The van der Waals surface area contributed by atoms with E-state index < -0.39 is 12.7 Å². The van der Waals surface area contributed by atoms with Crippen LogP contribution in [0.25, 0.3) is 0 Å². The monoisotopic (exact) mass is 238 g/mol. The molecule has 2 N–H and O–H groups in total. The minimum Gasteiger partial charge on any atom is -0.309 e. The molecule has 0 spiro atoms. The summed E-state index contributed by atoms with van der Waals surface area (Å²) in [6, 6.07) is 0.0576. The third-order valence-corrected chi connectivity index (χ3v) is 2.73. The van der Waals surface area contributed by atoms with Crippen molar-refractivity contribution in [2.24, 2.45) is 0 Å². The summed E-state index contributed by atoms with van der Waals surface area (Å²) in [5.41, 5.74) is 0. The van der Waals surface area contributed by atoms with Crippen molar-refractivity contribution >= 4 is 5.78 Å². The third kappa shape index (κ3) is 4.94. The Labute approximate surface area is 92.8 Å². The number of carbonyl (C=O) groups is 1. The maximum atomic E-state index is 11.8. The molecule has 1 heterocycles. The molecule has 2 unspecified atom stereocenters. The van der Waals surface area contributed by atoms with Crippen LogP contribution in [0, 0.1) is 0 Å². The van der Waals surface area contributed by atoms with Crippen LogP contribution in [-0.2, 0) is 4.79 Å². The number of hydrogen-bond donors (Lipinski definition) is 2. The van der Waals surface area contributed by atoms with E-state index in [0.29, 0.717) is 13.0 Å². The summed E-state index contributed by atoms with van der Waals surface area (Å²) in [7, 11) is 0. The van der Waals surface area contributed by atoms with Crippen LogP contribution in [0.1, 0.15) is 26.2 Å². The molecule has 1 rings (SSSR count). The minimum absolute atomic E-state index is 0.103. The summed E-state index contributed by atoms with van der Waals surface area (Å²) in [5, 5.41) is 5.46. The fourth-order valence-corrected chi connectivity index (χ4v) is 1.87. The van der Waals surface area contributed by atoms with Gasteiger partial charge in [0.1, 0.15) is 5.78 Å². The van der Waals surface area contributed by atoms with E-state index >= 15 is 0 Å². The molecular weight excluding hydrogens is 221 g/mol. The molecule has 94 valence electrons. The first-order chi connectivity index (χ1) is 7.38. The van der Waals surface area contributed by atoms with Gasteiger partial charge in [0.25, 0.3) is 0 Å². The highest BCUT2D eigenvalue weighted by atomic mass is 19.4. The lowest BCUT2D eigenvalue weighted by Crippen LogP contribution is -2.37. The summed E-state index contributed by atoms with van der Waals surface area (Å²) in [5.74, 6) is 0.103. The van der Waals surface area contributed by atoms with Crippen LogP contribution >= 0.6 is 0 Å². The van der Waals surface area contributed by atoms with Crippen LogP contribution in [0.2, 0.25) is 0 Å². The first-order valence-electron chi connectivity index (χ1n) is 5.42. The Bertz CT molecular complexity index is 243. The molecule has 0 aliphatic carbocycles. The molecule has 0 aromatic heterocycles. The summed E-state index contributed by atoms with van der Waals surface area (Å²) in [6.45, 7) is 0.902. The zero-order chi connectivity index (χ0) is 12.2. The molecule has 16 heavy (non-hydrogen) atoms. The molecule has 0 saturated carbocycles. The third-order valence-electron chi connectivity index (χ3n) is 2.73.